The molecule has 3 heterocycles. The molecular formula is C22H15BN4O6. The lowest BCUT2D eigenvalue weighted by Gasteiger charge is -2.15. The number of benzene rings is 2. The van der Waals surface area contributed by atoms with Gasteiger partial charge in [-0.05, 0) is 35.9 Å². The summed E-state index contributed by atoms with van der Waals surface area (Å²) in [4.78, 5) is 43.0. The summed E-state index contributed by atoms with van der Waals surface area (Å²) >= 11 is 0. The van der Waals surface area contributed by atoms with Gasteiger partial charge in [-0.1, -0.05) is 18.2 Å². The van der Waals surface area contributed by atoms with Crippen LogP contribution in [0.15, 0.2) is 65.7 Å². The van der Waals surface area contributed by atoms with Gasteiger partial charge in [-0.3, -0.25) is 24.3 Å². The summed E-state index contributed by atoms with van der Waals surface area (Å²) in [6.45, 7) is -0.124. The fourth-order valence-electron chi connectivity index (χ4n) is 3.82. The first-order chi connectivity index (χ1) is 15.9. The topological polar surface area (TPSA) is 146 Å². The number of hydrogen-bond acceptors (Lipinski definition) is 8. The Balaban J connectivity index is 1.56. The summed E-state index contributed by atoms with van der Waals surface area (Å²) in [5.41, 5.74) is 1.80. The van der Waals surface area contributed by atoms with E-state index in [1.54, 1.807) is 54.7 Å². The van der Waals surface area contributed by atoms with Gasteiger partial charge in [0.15, 0.2) is 0 Å². The van der Waals surface area contributed by atoms with E-state index in [-0.39, 0.29) is 12.3 Å². The molecule has 0 atom stereocenters. The molecule has 162 valence electrons. The summed E-state index contributed by atoms with van der Waals surface area (Å²) < 4.78 is 4.85. The van der Waals surface area contributed by atoms with Crippen LogP contribution in [0.25, 0.3) is 21.9 Å². The number of H-pyrrole nitrogens is 1. The lowest BCUT2D eigenvalue weighted by molar-refractivity contribution is 0.0640. The van der Waals surface area contributed by atoms with Crippen molar-refractivity contribution in [3.63, 3.8) is 0 Å². The van der Waals surface area contributed by atoms with Gasteiger partial charge < -0.3 is 14.7 Å². The van der Waals surface area contributed by atoms with Crippen molar-refractivity contribution in [2.24, 2.45) is 0 Å². The van der Waals surface area contributed by atoms with Crippen LogP contribution in [0.4, 0.5) is 0 Å². The van der Waals surface area contributed by atoms with E-state index in [2.05, 4.69) is 15.2 Å². The number of nitrogens with one attached hydrogen (secondary N) is 1. The smallest absolute Gasteiger partial charge is 0.511 e. The minimum atomic E-state index is -1.99. The second-order valence-electron chi connectivity index (χ2n) is 7.36. The standard InChI is InChI=1S/C22H15BN4O6/c28-20-15-6-5-12(13-7-14(10-24-9-13)33-23(31)32)8-18(15)19(25-26-20)11-27-21(29)16-3-1-2-4-17(16)22(27)30/h1-10,31-32H,11H2,(H,26,28). The molecule has 11 heteroatoms. The summed E-state index contributed by atoms with van der Waals surface area (Å²) in [6, 6.07) is 13.1. The number of carbonyl (C=O) groups is 2. The SMILES string of the molecule is O=C1c2ccccc2C(=O)N1Cc1n[nH]c(=O)c2ccc(-c3cncc(OB(O)O)c3)cc12. The van der Waals surface area contributed by atoms with Crippen molar-refractivity contribution in [2.45, 2.75) is 6.54 Å². The van der Waals surface area contributed by atoms with E-state index in [0.717, 1.165) is 4.90 Å². The number of hydrogen-bond donors (Lipinski definition) is 3. The van der Waals surface area contributed by atoms with Crippen LogP contribution in [-0.4, -0.2) is 49.3 Å². The van der Waals surface area contributed by atoms with Gasteiger partial charge in [-0.15, -0.1) is 0 Å². The lowest BCUT2D eigenvalue weighted by Crippen LogP contribution is -2.30. The molecule has 2 amide bonds. The predicted molar refractivity (Wildman–Crippen MR) is 117 cm³/mol. The maximum atomic E-state index is 12.8. The molecule has 1 aliphatic heterocycles. The van der Waals surface area contributed by atoms with Crippen molar-refractivity contribution in [3.05, 3.63) is 88.1 Å². The van der Waals surface area contributed by atoms with Crippen LogP contribution in [0.3, 0.4) is 0 Å². The molecule has 0 saturated heterocycles. The highest BCUT2D eigenvalue weighted by Gasteiger charge is 2.35. The summed E-state index contributed by atoms with van der Waals surface area (Å²) in [6.07, 6.45) is 2.87. The zero-order valence-corrected chi connectivity index (χ0v) is 16.9. The normalized spacial score (nSPS) is 12.8. The van der Waals surface area contributed by atoms with Crippen molar-refractivity contribution in [3.8, 4) is 16.9 Å². The molecule has 0 bridgehead atoms. The summed E-state index contributed by atoms with van der Waals surface area (Å²) in [7, 11) is -1.99. The highest BCUT2D eigenvalue weighted by atomic mass is 16.6. The highest BCUT2D eigenvalue weighted by Crippen LogP contribution is 2.29. The monoisotopic (exact) mass is 442 g/mol. The van der Waals surface area contributed by atoms with Gasteiger partial charge in [0, 0.05) is 17.1 Å². The first-order valence-corrected chi connectivity index (χ1v) is 9.87. The van der Waals surface area contributed by atoms with E-state index in [4.69, 9.17) is 14.7 Å². The second kappa shape index (κ2) is 7.97. The number of nitrogens with zero attached hydrogens (tertiary/aromatic N) is 3. The molecule has 0 aliphatic carbocycles. The molecule has 0 unspecified atom stereocenters. The van der Waals surface area contributed by atoms with E-state index in [9.17, 15) is 14.4 Å². The number of fused-ring (bicyclic) bond motifs is 2. The third-order valence-electron chi connectivity index (χ3n) is 5.34. The fraction of sp³-hybridized carbons (Fsp3) is 0.0455. The highest BCUT2D eigenvalue weighted by molar-refractivity contribution is 6.33. The summed E-state index contributed by atoms with van der Waals surface area (Å²) in [5.74, 6) is -0.716. The van der Waals surface area contributed by atoms with Gasteiger partial charge in [0.25, 0.3) is 17.4 Å². The Labute approximate surface area is 186 Å². The van der Waals surface area contributed by atoms with Crippen molar-refractivity contribution in [2.75, 3.05) is 0 Å². The van der Waals surface area contributed by atoms with E-state index >= 15 is 0 Å². The van der Waals surface area contributed by atoms with Crippen LogP contribution in [0.5, 0.6) is 5.75 Å². The number of amides is 2. The number of aromatic amines is 1. The predicted octanol–water partition coefficient (Wildman–Crippen LogP) is 1.13. The van der Waals surface area contributed by atoms with Crippen LogP contribution in [0.2, 0.25) is 0 Å². The van der Waals surface area contributed by atoms with E-state index < -0.39 is 24.7 Å². The zero-order chi connectivity index (χ0) is 23.1. The number of rotatable bonds is 5. The van der Waals surface area contributed by atoms with Crippen molar-refractivity contribution in [1.29, 1.82) is 0 Å². The molecular weight excluding hydrogens is 427 g/mol. The van der Waals surface area contributed by atoms with Crippen molar-refractivity contribution >= 4 is 29.9 Å². The number of pyridine rings is 1. The molecule has 4 aromatic rings. The van der Waals surface area contributed by atoms with Crippen LogP contribution in [-0.2, 0) is 6.54 Å². The largest absolute Gasteiger partial charge is 0.707 e. The van der Waals surface area contributed by atoms with Gasteiger partial charge in [-0.25, -0.2) is 5.10 Å². The molecule has 10 nitrogen and oxygen atoms in total. The number of carbonyl (C=O) groups excluding carboxylic acids is 2. The van der Waals surface area contributed by atoms with Crippen LogP contribution in [0, 0.1) is 0 Å². The Hall–Kier alpha value is -4.35. The maximum absolute atomic E-state index is 12.8. The summed E-state index contributed by atoms with van der Waals surface area (Å²) in [5, 5.41) is 25.4. The third-order valence-corrected chi connectivity index (χ3v) is 5.34. The van der Waals surface area contributed by atoms with Crippen LogP contribution >= 0.6 is 0 Å². The van der Waals surface area contributed by atoms with E-state index in [1.807, 2.05) is 0 Å². The number of aromatic nitrogens is 3. The average Bonchev–Trinajstić information content (AvgIpc) is 3.05. The molecule has 0 spiro atoms. The second-order valence-corrected chi connectivity index (χ2v) is 7.36. The van der Waals surface area contributed by atoms with Crippen molar-refractivity contribution < 1.29 is 24.3 Å². The molecule has 5 rings (SSSR count). The minimum Gasteiger partial charge on any atom is -0.511 e. The molecule has 2 aromatic carbocycles. The van der Waals surface area contributed by atoms with Gasteiger partial charge in [0.1, 0.15) is 5.75 Å². The van der Waals surface area contributed by atoms with Crippen LogP contribution in [0.1, 0.15) is 26.4 Å². The Morgan fingerprint density at radius 1 is 0.909 bits per heavy atom. The Bertz CT molecular complexity index is 1450. The Morgan fingerprint density at radius 3 is 2.33 bits per heavy atom. The first-order valence-electron chi connectivity index (χ1n) is 9.87. The average molecular weight is 442 g/mol. The Kier molecular flexibility index (Phi) is 4.96. The molecule has 0 radical (unpaired) electrons. The molecule has 0 fully saturated rings. The van der Waals surface area contributed by atoms with E-state index in [0.29, 0.717) is 38.7 Å². The minimum absolute atomic E-state index is 0.124. The quantitative estimate of drug-likeness (QED) is 0.308. The van der Waals surface area contributed by atoms with Crippen molar-refractivity contribution in [1.82, 2.24) is 20.1 Å². The molecule has 2 aromatic heterocycles. The van der Waals surface area contributed by atoms with E-state index in [1.165, 1.54) is 6.20 Å². The number of imide groups is 1. The first kappa shape index (κ1) is 20.6. The fourth-order valence-corrected chi connectivity index (χ4v) is 3.82. The molecule has 1 aliphatic rings. The maximum Gasteiger partial charge on any atom is 0.707 e. The van der Waals surface area contributed by atoms with Gasteiger partial charge >= 0.3 is 7.32 Å². The Morgan fingerprint density at radius 2 is 1.64 bits per heavy atom. The van der Waals surface area contributed by atoms with Gasteiger partial charge in [0.05, 0.1) is 34.9 Å². The molecule has 33 heavy (non-hydrogen) atoms. The van der Waals surface area contributed by atoms with Crippen LogP contribution < -0.4 is 10.2 Å². The molecule has 3 N–H and O–H groups in total. The zero-order valence-electron chi connectivity index (χ0n) is 16.9. The van der Waals surface area contributed by atoms with Gasteiger partial charge in [-0.2, -0.15) is 5.10 Å². The molecule has 0 saturated carbocycles. The van der Waals surface area contributed by atoms with Gasteiger partial charge in [0.2, 0.25) is 0 Å². The lowest BCUT2D eigenvalue weighted by atomic mass is 10.0. The third kappa shape index (κ3) is 3.65.